The van der Waals surface area contributed by atoms with Crippen LogP contribution in [0.15, 0.2) is 47.4 Å². The number of hydrogen-bond acceptors (Lipinski definition) is 6. The van der Waals surface area contributed by atoms with Crippen LogP contribution >= 0.6 is 0 Å². The fourth-order valence-electron chi connectivity index (χ4n) is 2.92. The quantitative estimate of drug-likeness (QED) is 0.589. The highest BCUT2D eigenvalue weighted by Crippen LogP contribution is 2.29. The summed E-state index contributed by atoms with van der Waals surface area (Å²) in [6.07, 6.45) is 0. The summed E-state index contributed by atoms with van der Waals surface area (Å²) in [6, 6.07) is 11.1. The second-order valence-electron chi connectivity index (χ2n) is 6.24. The fourth-order valence-corrected chi connectivity index (χ4v) is 4.28. The Morgan fingerprint density at radius 3 is 2.38 bits per heavy atom. The van der Waals surface area contributed by atoms with Crippen molar-refractivity contribution in [2.75, 3.05) is 31.2 Å². The third-order valence-corrected chi connectivity index (χ3v) is 6.04. The number of ether oxygens (including phenoxy) is 1. The fraction of sp³-hybridized carbons (Fsp3) is 0.333. The molecule has 0 spiro atoms. The van der Waals surface area contributed by atoms with Gasteiger partial charge in [0.05, 0.1) is 28.8 Å². The first-order chi connectivity index (χ1) is 12.4. The SMILES string of the molecule is Cc1ccc(S(=O)(=O)Cc2cc(N3CCOCC3)ccc2[N+](=O)[O-])cc1. The van der Waals surface area contributed by atoms with Crippen LogP contribution in [0, 0.1) is 17.0 Å². The zero-order valence-electron chi connectivity index (χ0n) is 14.4. The molecule has 0 aromatic heterocycles. The van der Waals surface area contributed by atoms with Crippen LogP contribution in [0.4, 0.5) is 11.4 Å². The molecule has 0 N–H and O–H groups in total. The predicted octanol–water partition coefficient (Wildman–Crippen LogP) is 2.71. The third-order valence-electron chi connectivity index (χ3n) is 4.36. The summed E-state index contributed by atoms with van der Waals surface area (Å²) in [5.41, 5.74) is 1.73. The lowest BCUT2D eigenvalue weighted by molar-refractivity contribution is -0.385. The van der Waals surface area contributed by atoms with Gasteiger partial charge in [-0.15, -0.1) is 0 Å². The molecule has 26 heavy (non-hydrogen) atoms. The summed E-state index contributed by atoms with van der Waals surface area (Å²) in [6.45, 7) is 4.36. The molecular weight excluding hydrogens is 356 g/mol. The molecule has 0 amide bonds. The number of nitro groups is 1. The first kappa shape index (κ1) is 18.3. The minimum Gasteiger partial charge on any atom is -0.378 e. The maximum Gasteiger partial charge on any atom is 0.273 e. The number of rotatable bonds is 5. The van der Waals surface area contributed by atoms with Gasteiger partial charge in [0, 0.05) is 30.4 Å². The minimum atomic E-state index is -3.68. The van der Waals surface area contributed by atoms with Crippen LogP contribution in [0.5, 0.6) is 0 Å². The first-order valence-corrected chi connectivity index (χ1v) is 9.91. The van der Waals surface area contributed by atoms with Crippen LogP contribution in [0.25, 0.3) is 0 Å². The number of nitrogens with zero attached hydrogens (tertiary/aromatic N) is 2. The monoisotopic (exact) mass is 376 g/mol. The highest BCUT2D eigenvalue weighted by molar-refractivity contribution is 7.90. The Bertz CT molecular complexity index is 904. The van der Waals surface area contributed by atoms with Crippen molar-refractivity contribution in [3.8, 4) is 0 Å². The van der Waals surface area contributed by atoms with Crippen molar-refractivity contribution in [2.24, 2.45) is 0 Å². The summed E-state index contributed by atoms with van der Waals surface area (Å²) >= 11 is 0. The van der Waals surface area contributed by atoms with E-state index in [1.165, 1.54) is 18.2 Å². The van der Waals surface area contributed by atoms with E-state index in [0.717, 1.165) is 11.3 Å². The second kappa shape index (κ2) is 7.43. The average molecular weight is 376 g/mol. The third kappa shape index (κ3) is 4.03. The molecule has 1 saturated heterocycles. The van der Waals surface area contributed by atoms with Gasteiger partial charge < -0.3 is 9.64 Å². The van der Waals surface area contributed by atoms with Crippen molar-refractivity contribution in [3.63, 3.8) is 0 Å². The van der Waals surface area contributed by atoms with Gasteiger partial charge in [0.15, 0.2) is 9.84 Å². The van der Waals surface area contributed by atoms with E-state index in [4.69, 9.17) is 4.74 Å². The van der Waals surface area contributed by atoms with Crippen LogP contribution < -0.4 is 4.90 Å². The second-order valence-corrected chi connectivity index (χ2v) is 8.23. The molecule has 0 unspecified atom stereocenters. The van der Waals surface area contributed by atoms with Crippen molar-refractivity contribution < 1.29 is 18.1 Å². The molecule has 0 radical (unpaired) electrons. The molecule has 2 aromatic carbocycles. The van der Waals surface area contributed by atoms with Gasteiger partial charge in [-0.3, -0.25) is 10.1 Å². The molecule has 138 valence electrons. The van der Waals surface area contributed by atoms with Gasteiger partial charge >= 0.3 is 0 Å². The van der Waals surface area contributed by atoms with Gasteiger partial charge in [-0.1, -0.05) is 17.7 Å². The van der Waals surface area contributed by atoms with Gasteiger partial charge in [0.1, 0.15) is 0 Å². The summed E-state index contributed by atoms with van der Waals surface area (Å²) in [4.78, 5) is 13.0. The van der Waals surface area contributed by atoms with Crippen molar-refractivity contribution in [1.29, 1.82) is 0 Å². The van der Waals surface area contributed by atoms with Crippen molar-refractivity contribution in [1.82, 2.24) is 0 Å². The average Bonchev–Trinajstić information content (AvgIpc) is 2.62. The molecule has 2 aromatic rings. The molecule has 1 fully saturated rings. The van der Waals surface area contributed by atoms with E-state index < -0.39 is 20.5 Å². The number of hydrogen-bond donors (Lipinski definition) is 0. The zero-order chi connectivity index (χ0) is 18.7. The van der Waals surface area contributed by atoms with E-state index in [9.17, 15) is 18.5 Å². The maximum absolute atomic E-state index is 12.7. The first-order valence-electron chi connectivity index (χ1n) is 8.26. The highest BCUT2D eigenvalue weighted by atomic mass is 32.2. The highest BCUT2D eigenvalue weighted by Gasteiger charge is 2.24. The Morgan fingerprint density at radius 2 is 1.77 bits per heavy atom. The molecule has 1 heterocycles. The lowest BCUT2D eigenvalue weighted by atomic mass is 10.1. The zero-order valence-corrected chi connectivity index (χ0v) is 15.2. The molecule has 1 aliphatic rings. The van der Waals surface area contributed by atoms with E-state index in [1.54, 1.807) is 24.3 Å². The lowest BCUT2D eigenvalue weighted by Crippen LogP contribution is -2.36. The number of morpholine rings is 1. The van der Waals surface area contributed by atoms with Crippen LogP contribution in [0.3, 0.4) is 0 Å². The maximum atomic E-state index is 12.7. The van der Waals surface area contributed by atoms with Gasteiger partial charge in [0.2, 0.25) is 0 Å². The van der Waals surface area contributed by atoms with Gasteiger partial charge in [0.25, 0.3) is 5.69 Å². The largest absolute Gasteiger partial charge is 0.378 e. The minimum absolute atomic E-state index is 0.161. The smallest absolute Gasteiger partial charge is 0.273 e. The van der Waals surface area contributed by atoms with Crippen LogP contribution in [-0.4, -0.2) is 39.6 Å². The van der Waals surface area contributed by atoms with Crippen molar-refractivity contribution in [2.45, 2.75) is 17.6 Å². The topological polar surface area (TPSA) is 89.8 Å². The van der Waals surface area contributed by atoms with Crippen LogP contribution in [-0.2, 0) is 20.3 Å². The van der Waals surface area contributed by atoms with Gasteiger partial charge in [-0.25, -0.2) is 8.42 Å². The Kier molecular flexibility index (Phi) is 5.24. The van der Waals surface area contributed by atoms with E-state index >= 15 is 0 Å². The Labute approximate surface area is 152 Å². The Morgan fingerprint density at radius 1 is 1.12 bits per heavy atom. The Balaban J connectivity index is 1.96. The summed E-state index contributed by atoms with van der Waals surface area (Å²) < 4.78 is 30.8. The van der Waals surface area contributed by atoms with E-state index in [0.29, 0.717) is 26.3 Å². The van der Waals surface area contributed by atoms with Gasteiger partial charge in [-0.2, -0.15) is 0 Å². The molecule has 0 atom stereocenters. The molecule has 0 saturated carbocycles. The van der Waals surface area contributed by atoms with E-state index in [2.05, 4.69) is 0 Å². The molecule has 0 bridgehead atoms. The molecule has 7 nitrogen and oxygen atoms in total. The molecule has 0 aliphatic carbocycles. The Hall–Kier alpha value is -2.45. The van der Waals surface area contributed by atoms with E-state index in [1.807, 2.05) is 11.8 Å². The van der Waals surface area contributed by atoms with Crippen LogP contribution in [0.1, 0.15) is 11.1 Å². The number of benzene rings is 2. The van der Waals surface area contributed by atoms with E-state index in [-0.39, 0.29) is 16.1 Å². The predicted molar refractivity (Wildman–Crippen MR) is 98.2 cm³/mol. The summed E-state index contributed by atoms with van der Waals surface area (Å²) in [7, 11) is -3.68. The number of aryl methyl sites for hydroxylation is 1. The lowest BCUT2D eigenvalue weighted by Gasteiger charge is -2.29. The molecule has 3 rings (SSSR count). The number of nitro benzene ring substituents is 1. The van der Waals surface area contributed by atoms with Crippen molar-refractivity contribution >= 4 is 21.2 Å². The molecular formula is C18H20N2O5S. The van der Waals surface area contributed by atoms with Gasteiger partial charge in [-0.05, 0) is 31.2 Å². The number of anilines is 1. The summed E-state index contributed by atoms with van der Waals surface area (Å²) in [5.74, 6) is -0.412. The molecule has 8 heteroatoms. The molecule has 1 aliphatic heterocycles. The standard InChI is InChI=1S/C18H20N2O5S/c1-14-2-5-17(6-3-14)26(23,24)13-15-12-16(4-7-18(15)20(21)22)19-8-10-25-11-9-19/h2-7,12H,8-11,13H2,1H3. The number of sulfone groups is 1. The summed E-state index contributed by atoms with van der Waals surface area (Å²) in [5, 5.41) is 11.4. The van der Waals surface area contributed by atoms with Crippen LogP contribution in [0.2, 0.25) is 0 Å². The normalized spacial score (nSPS) is 15.0. The van der Waals surface area contributed by atoms with Crippen molar-refractivity contribution in [3.05, 3.63) is 63.7 Å².